The van der Waals surface area contributed by atoms with Crippen LogP contribution < -0.4 is 6.65 Å². The van der Waals surface area contributed by atoms with E-state index in [-0.39, 0.29) is 0 Å². The molecule has 0 N–H and O–H groups in total. The quantitative estimate of drug-likeness (QED) is 0.786. The van der Waals surface area contributed by atoms with Crippen LogP contribution in [0.3, 0.4) is 0 Å². The molecular weight excluding hydrogens is 315 g/mol. The summed E-state index contributed by atoms with van der Waals surface area (Å²) in [6.45, 7) is 6.55. The molecular formula is C15H16OSn. The number of para-hydroxylation sites is 1. The summed E-state index contributed by atoms with van der Waals surface area (Å²) in [5, 5.41) is 0. The van der Waals surface area contributed by atoms with Gasteiger partial charge in [0.1, 0.15) is 0 Å². The average molecular weight is 331 g/mol. The predicted molar refractivity (Wildman–Crippen MR) is 73.1 cm³/mol. The maximum atomic E-state index is 5.94. The number of rotatable bonds is 3. The van der Waals surface area contributed by atoms with Gasteiger partial charge in [-0.05, 0) is 0 Å². The molecule has 0 heterocycles. The number of aryl methyl sites for hydroxylation is 1. The Morgan fingerprint density at radius 2 is 1.53 bits per heavy atom. The van der Waals surface area contributed by atoms with Crippen LogP contribution in [-0.2, 0) is 0 Å². The van der Waals surface area contributed by atoms with E-state index in [0.717, 1.165) is 5.75 Å². The van der Waals surface area contributed by atoms with Crippen molar-refractivity contribution in [3.05, 3.63) is 59.2 Å². The van der Waals surface area contributed by atoms with Crippen molar-refractivity contribution in [2.45, 2.75) is 20.8 Å². The molecule has 0 aromatic heterocycles. The molecule has 0 aliphatic carbocycles. The molecule has 0 spiro atoms. The van der Waals surface area contributed by atoms with Crippen molar-refractivity contribution in [3.8, 4) is 5.75 Å². The van der Waals surface area contributed by atoms with Gasteiger partial charge in [-0.3, -0.25) is 0 Å². The molecule has 0 saturated heterocycles. The van der Waals surface area contributed by atoms with Gasteiger partial charge in [-0.2, -0.15) is 0 Å². The maximum absolute atomic E-state index is 5.94. The molecule has 0 aliphatic heterocycles. The second-order valence-corrected chi connectivity index (χ2v) is 6.90. The summed E-state index contributed by atoms with van der Waals surface area (Å²) in [6.07, 6.45) is 0. The van der Waals surface area contributed by atoms with Crippen LogP contribution in [0.25, 0.3) is 0 Å². The molecule has 86 valence electrons. The van der Waals surface area contributed by atoms with Crippen LogP contribution in [0.15, 0.2) is 42.5 Å². The van der Waals surface area contributed by atoms with E-state index >= 15 is 0 Å². The summed E-state index contributed by atoms with van der Waals surface area (Å²) < 4.78 is 7.37. The first-order chi connectivity index (χ1) is 8.18. The fourth-order valence-electron chi connectivity index (χ4n) is 1.67. The summed E-state index contributed by atoms with van der Waals surface area (Å²) in [5.74, 6) is 0.997. The fourth-order valence-corrected chi connectivity index (χ4v) is 4.11. The topological polar surface area (TPSA) is 9.23 Å². The minimum atomic E-state index is -0.970. The Morgan fingerprint density at radius 3 is 2.24 bits per heavy atom. The van der Waals surface area contributed by atoms with Crippen molar-refractivity contribution in [2.75, 3.05) is 0 Å². The first kappa shape index (κ1) is 12.5. The Bertz CT molecular complexity index is 506. The summed E-state index contributed by atoms with van der Waals surface area (Å²) in [6, 6.07) is 14.5. The number of benzene rings is 2. The molecule has 0 unspecified atom stereocenters. The number of hydrogen-bond donors (Lipinski definition) is 0. The first-order valence-electron chi connectivity index (χ1n) is 5.73. The van der Waals surface area contributed by atoms with Crippen LogP contribution in [0.5, 0.6) is 5.75 Å². The molecule has 0 amide bonds. The first-order valence-corrected chi connectivity index (χ1v) is 8.32. The molecule has 2 rings (SSSR count). The van der Waals surface area contributed by atoms with Crippen molar-refractivity contribution in [1.29, 1.82) is 0 Å². The van der Waals surface area contributed by atoms with E-state index in [1.165, 1.54) is 20.3 Å². The van der Waals surface area contributed by atoms with Crippen LogP contribution in [0.2, 0.25) is 0 Å². The Morgan fingerprint density at radius 1 is 0.824 bits per heavy atom. The molecule has 2 aromatic rings. The van der Waals surface area contributed by atoms with Gasteiger partial charge >= 0.3 is 114 Å². The van der Waals surface area contributed by atoms with Gasteiger partial charge in [-0.15, -0.1) is 0 Å². The van der Waals surface area contributed by atoms with Gasteiger partial charge in [0.25, 0.3) is 0 Å². The van der Waals surface area contributed by atoms with Gasteiger partial charge in [0.05, 0.1) is 0 Å². The van der Waals surface area contributed by atoms with E-state index in [1.807, 2.05) is 30.3 Å². The zero-order chi connectivity index (χ0) is 12.3. The summed E-state index contributed by atoms with van der Waals surface area (Å²) in [5.41, 5.74) is 4.18. The average Bonchev–Trinajstić information content (AvgIpc) is 2.36. The Kier molecular flexibility index (Phi) is 4.10. The van der Waals surface area contributed by atoms with Crippen LogP contribution in [0.4, 0.5) is 0 Å². The predicted octanol–water partition coefficient (Wildman–Crippen LogP) is 2.94. The summed E-state index contributed by atoms with van der Waals surface area (Å²) in [4.78, 5) is 0. The molecule has 1 nitrogen and oxygen atoms in total. The van der Waals surface area contributed by atoms with Crippen molar-refractivity contribution < 1.29 is 3.07 Å². The third-order valence-electron chi connectivity index (χ3n) is 3.08. The Balaban J connectivity index is 2.13. The van der Waals surface area contributed by atoms with Crippen LogP contribution in [0, 0.1) is 20.8 Å². The van der Waals surface area contributed by atoms with E-state index in [4.69, 9.17) is 3.07 Å². The monoisotopic (exact) mass is 332 g/mol. The molecule has 0 bridgehead atoms. The molecule has 0 aliphatic rings. The molecule has 0 saturated carbocycles. The third kappa shape index (κ3) is 3.03. The zero-order valence-electron chi connectivity index (χ0n) is 10.4. The second kappa shape index (κ2) is 5.58. The van der Waals surface area contributed by atoms with Crippen molar-refractivity contribution >= 4 is 25.1 Å². The zero-order valence-corrected chi connectivity index (χ0v) is 13.3. The SMILES string of the molecule is Cc1cc[c]([Sn][O]c2ccccc2)c(C)c1C. The van der Waals surface area contributed by atoms with Crippen LogP contribution >= 0.6 is 0 Å². The molecule has 2 aromatic carbocycles. The van der Waals surface area contributed by atoms with Gasteiger partial charge in [-0.25, -0.2) is 0 Å². The fraction of sp³-hybridized carbons (Fsp3) is 0.200. The molecule has 2 heteroatoms. The Labute approximate surface area is 114 Å². The normalized spacial score (nSPS) is 10.3. The van der Waals surface area contributed by atoms with E-state index < -0.39 is 21.6 Å². The molecule has 0 atom stereocenters. The summed E-state index contributed by atoms with van der Waals surface area (Å²) >= 11 is -0.970. The van der Waals surface area contributed by atoms with Crippen LogP contribution in [0.1, 0.15) is 16.7 Å². The molecule has 0 fully saturated rings. The second-order valence-electron chi connectivity index (χ2n) is 4.20. The van der Waals surface area contributed by atoms with Gasteiger partial charge in [0.15, 0.2) is 0 Å². The summed E-state index contributed by atoms with van der Waals surface area (Å²) in [7, 11) is 0. The van der Waals surface area contributed by atoms with Gasteiger partial charge < -0.3 is 0 Å². The van der Waals surface area contributed by atoms with Gasteiger partial charge in [-0.1, -0.05) is 0 Å². The van der Waals surface area contributed by atoms with Crippen molar-refractivity contribution in [2.24, 2.45) is 0 Å². The van der Waals surface area contributed by atoms with Crippen LogP contribution in [-0.4, -0.2) is 21.6 Å². The van der Waals surface area contributed by atoms with Gasteiger partial charge in [0, 0.05) is 0 Å². The van der Waals surface area contributed by atoms with E-state index in [1.54, 1.807) is 0 Å². The standard InChI is InChI=1S/C9H11.C6H6O.Sn/c1-7-5-4-6-8(2)9(7)3;7-6-4-2-1-3-5-6;/h4-5H,1-3H3;1-5,7H;/q;;+1/p-1. The van der Waals surface area contributed by atoms with Gasteiger partial charge in [0.2, 0.25) is 0 Å². The number of hydrogen-bond acceptors (Lipinski definition) is 1. The minimum absolute atomic E-state index is 0.970. The van der Waals surface area contributed by atoms with E-state index in [2.05, 4.69) is 32.9 Å². The van der Waals surface area contributed by atoms with E-state index in [0.29, 0.717) is 0 Å². The molecule has 2 radical (unpaired) electrons. The van der Waals surface area contributed by atoms with Crippen molar-refractivity contribution in [3.63, 3.8) is 0 Å². The molecule has 17 heavy (non-hydrogen) atoms. The Hall–Kier alpha value is -0.961. The van der Waals surface area contributed by atoms with E-state index in [9.17, 15) is 0 Å². The van der Waals surface area contributed by atoms with Crippen molar-refractivity contribution in [1.82, 2.24) is 0 Å². The third-order valence-corrected chi connectivity index (χ3v) is 6.22.